The Morgan fingerprint density at radius 2 is 2.16 bits per heavy atom. The number of amides is 2. The number of carbonyl (C=O) groups excluding carboxylic acids is 1. The van der Waals surface area contributed by atoms with Gasteiger partial charge in [-0.2, -0.15) is 0 Å². The highest BCUT2D eigenvalue weighted by Gasteiger charge is 2.15. The molecule has 6 nitrogen and oxygen atoms in total. The van der Waals surface area contributed by atoms with E-state index in [2.05, 4.69) is 15.6 Å². The van der Waals surface area contributed by atoms with Crippen molar-refractivity contribution in [2.75, 3.05) is 5.32 Å². The molecular weight excluding hydrogens is 266 g/mol. The number of aryl methyl sites for hydroxylation is 1. The van der Waals surface area contributed by atoms with E-state index < -0.39 is 18.0 Å². The highest BCUT2D eigenvalue weighted by Crippen LogP contribution is 2.26. The minimum absolute atomic E-state index is 0.440. The van der Waals surface area contributed by atoms with E-state index in [4.69, 9.17) is 5.11 Å². The molecule has 2 amide bonds. The fourth-order valence-electron chi connectivity index (χ4n) is 1.48. The molecule has 0 fully saturated rings. The summed E-state index contributed by atoms with van der Waals surface area (Å²) in [5, 5.41) is 14.0. The van der Waals surface area contributed by atoms with Crippen LogP contribution in [0.2, 0.25) is 0 Å². The van der Waals surface area contributed by atoms with E-state index in [9.17, 15) is 9.59 Å². The van der Waals surface area contributed by atoms with Crippen LogP contribution in [0.3, 0.4) is 0 Å². The van der Waals surface area contributed by atoms with Crippen LogP contribution < -0.4 is 10.6 Å². The van der Waals surface area contributed by atoms with Gasteiger partial charge in [0.2, 0.25) is 0 Å². The van der Waals surface area contributed by atoms with Gasteiger partial charge in [0.25, 0.3) is 0 Å². The van der Waals surface area contributed by atoms with Crippen LogP contribution in [0.15, 0.2) is 18.2 Å². The summed E-state index contributed by atoms with van der Waals surface area (Å²) in [6.07, 6.45) is 0. The maximum atomic E-state index is 11.6. The number of carboxylic acid groups (broad SMARTS) is 1. The number of anilines is 1. The van der Waals surface area contributed by atoms with Crippen LogP contribution in [0.25, 0.3) is 10.2 Å². The molecule has 0 saturated carbocycles. The summed E-state index contributed by atoms with van der Waals surface area (Å²) in [5.41, 5.74) is 1.92. The lowest BCUT2D eigenvalue weighted by molar-refractivity contribution is -0.138. The van der Waals surface area contributed by atoms with Crippen molar-refractivity contribution in [3.05, 3.63) is 23.8 Å². The van der Waals surface area contributed by atoms with Crippen LogP contribution in [0.5, 0.6) is 0 Å². The molecule has 19 heavy (non-hydrogen) atoms. The number of hydrogen-bond acceptors (Lipinski definition) is 4. The third kappa shape index (κ3) is 3.19. The van der Waals surface area contributed by atoms with Gasteiger partial charge in [-0.25, -0.2) is 9.78 Å². The van der Waals surface area contributed by atoms with Gasteiger partial charge in [-0.15, -0.1) is 0 Å². The zero-order valence-electron chi connectivity index (χ0n) is 10.4. The van der Waals surface area contributed by atoms with Crippen molar-refractivity contribution >= 4 is 38.7 Å². The Hall–Kier alpha value is -2.15. The van der Waals surface area contributed by atoms with Crippen molar-refractivity contribution in [3.63, 3.8) is 0 Å². The molecule has 1 aromatic heterocycles. The van der Waals surface area contributed by atoms with Gasteiger partial charge in [-0.05, 0) is 31.5 Å². The molecule has 1 heterocycles. The lowest BCUT2D eigenvalue weighted by atomic mass is 10.2. The molecule has 0 aliphatic carbocycles. The SMILES string of the molecule is Cc1ccc2nc(NC(=O)N[C@H](C)C(=O)O)sc2c1. The Kier molecular flexibility index (Phi) is 3.66. The topological polar surface area (TPSA) is 91.3 Å². The molecule has 3 N–H and O–H groups in total. The summed E-state index contributed by atoms with van der Waals surface area (Å²) in [5.74, 6) is -1.09. The molecule has 1 atom stereocenters. The monoisotopic (exact) mass is 279 g/mol. The van der Waals surface area contributed by atoms with Gasteiger partial charge < -0.3 is 10.4 Å². The molecule has 2 aromatic rings. The van der Waals surface area contributed by atoms with E-state index in [0.717, 1.165) is 15.8 Å². The number of fused-ring (bicyclic) bond motifs is 1. The molecular formula is C12H13N3O3S. The molecule has 0 unspecified atom stereocenters. The molecule has 100 valence electrons. The van der Waals surface area contributed by atoms with Gasteiger partial charge in [-0.3, -0.25) is 10.1 Å². The van der Waals surface area contributed by atoms with E-state index in [1.54, 1.807) is 0 Å². The fraction of sp³-hybridized carbons (Fsp3) is 0.250. The Labute approximate surface area is 113 Å². The number of rotatable bonds is 3. The predicted molar refractivity (Wildman–Crippen MR) is 73.6 cm³/mol. The summed E-state index contributed by atoms with van der Waals surface area (Å²) in [6.45, 7) is 3.37. The summed E-state index contributed by atoms with van der Waals surface area (Å²) < 4.78 is 0.974. The highest BCUT2D eigenvalue weighted by atomic mass is 32.1. The fourth-order valence-corrected chi connectivity index (χ4v) is 2.44. The normalized spacial score (nSPS) is 12.1. The van der Waals surface area contributed by atoms with Crippen molar-refractivity contribution in [1.29, 1.82) is 0 Å². The average molecular weight is 279 g/mol. The Bertz CT molecular complexity index is 638. The summed E-state index contributed by atoms with van der Waals surface area (Å²) in [7, 11) is 0. The molecule has 0 radical (unpaired) electrons. The van der Waals surface area contributed by atoms with Crippen LogP contribution >= 0.6 is 11.3 Å². The van der Waals surface area contributed by atoms with Gasteiger partial charge in [0.05, 0.1) is 10.2 Å². The van der Waals surface area contributed by atoms with Gasteiger partial charge in [0.1, 0.15) is 6.04 Å². The number of urea groups is 1. The first-order chi connectivity index (χ1) is 8.95. The molecule has 0 saturated heterocycles. The quantitative estimate of drug-likeness (QED) is 0.803. The number of thiazole rings is 1. The first-order valence-corrected chi connectivity index (χ1v) is 6.45. The van der Waals surface area contributed by atoms with Crippen LogP contribution in [-0.2, 0) is 4.79 Å². The second kappa shape index (κ2) is 5.23. The molecule has 0 aliphatic rings. The minimum Gasteiger partial charge on any atom is -0.480 e. The van der Waals surface area contributed by atoms with Crippen LogP contribution in [0, 0.1) is 6.92 Å². The number of nitrogens with one attached hydrogen (secondary N) is 2. The molecule has 0 spiro atoms. The maximum absolute atomic E-state index is 11.6. The van der Waals surface area contributed by atoms with Crippen molar-refractivity contribution < 1.29 is 14.7 Å². The number of carboxylic acids is 1. The van der Waals surface area contributed by atoms with Gasteiger partial charge in [0, 0.05) is 0 Å². The number of carbonyl (C=O) groups is 2. The zero-order chi connectivity index (χ0) is 14.0. The summed E-state index contributed by atoms with van der Waals surface area (Å²) in [4.78, 5) is 26.4. The van der Waals surface area contributed by atoms with Crippen molar-refractivity contribution in [2.24, 2.45) is 0 Å². The van der Waals surface area contributed by atoms with Crippen molar-refractivity contribution in [2.45, 2.75) is 19.9 Å². The van der Waals surface area contributed by atoms with E-state index in [1.807, 2.05) is 25.1 Å². The molecule has 7 heteroatoms. The predicted octanol–water partition coefficient (Wildman–Crippen LogP) is 2.20. The molecule has 0 aliphatic heterocycles. The average Bonchev–Trinajstić information content (AvgIpc) is 2.69. The largest absolute Gasteiger partial charge is 0.480 e. The Balaban J connectivity index is 2.09. The second-order valence-corrected chi connectivity index (χ2v) is 5.18. The third-order valence-corrected chi connectivity index (χ3v) is 3.42. The van der Waals surface area contributed by atoms with E-state index in [0.29, 0.717) is 5.13 Å². The lowest BCUT2D eigenvalue weighted by Crippen LogP contribution is -2.40. The molecule has 1 aromatic carbocycles. The number of hydrogen-bond donors (Lipinski definition) is 3. The van der Waals surface area contributed by atoms with Gasteiger partial charge in [-0.1, -0.05) is 17.4 Å². The van der Waals surface area contributed by atoms with E-state index in [-0.39, 0.29) is 0 Å². The number of aromatic nitrogens is 1. The minimum atomic E-state index is -1.09. The Morgan fingerprint density at radius 3 is 2.84 bits per heavy atom. The summed E-state index contributed by atoms with van der Waals surface area (Å²) >= 11 is 1.34. The number of aliphatic carboxylic acids is 1. The van der Waals surface area contributed by atoms with Gasteiger partial charge >= 0.3 is 12.0 Å². The van der Waals surface area contributed by atoms with Crippen LogP contribution in [-0.4, -0.2) is 28.1 Å². The third-order valence-electron chi connectivity index (χ3n) is 2.48. The molecule has 2 rings (SSSR count). The Morgan fingerprint density at radius 1 is 1.42 bits per heavy atom. The first-order valence-electron chi connectivity index (χ1n) is 5.63. The van der Waals surface area contributed by atoms with Gasteiger partial charge in [0.15, 0.2) is 5.13 Å². The maximum Gasteiger partial charge on any atom is 0.325 e. The summed E-state index contributed by atoms with van der Waals surface area (Å²) in [6, 6.07) is 4.28. The highest BCUT2D eigenvalue weighted by molar-refractivity contribution is 7.22. The first kappa shape index (κ1) is 13.3. The second-order valence-electron chi connectivity index (χ2n) is 4.15. The van der Waals surface area contributed by atoms with Crippen LogP contribution in [0.1, 0.15) is 12.5 Å². The van der Waals surface area contributed by atoms with Crippen molar-refractivity contribution in [3.8, 4) is 0 Å². The molecule has 0 bridgehead atoms. The van der Waals surface area contributed by atoms with Crippen molar-refractivity contribution in [1.82, 2.24) is 10.3 Å². The lowest BCUT2D eigenvalue weighted by Gasteiger charge is -2.08. The number of benzene rings is 1. The van der Waals surface area contributed by atoms with E-state index in [1.165, 1.54) is 18.3 Å². The van der Waals surface area contributed by atoms with Crippen LogP contribution in [0.4, 0.5) is 9.93 Å². The number of nitrogens with zero attached hydrogens (tertiary/aromatic N) is 1. The standard InChI is InChI=1S/C12H13N3O3S/c1-6-3-4-8-9(5-6)19-12(14-8)15-11(18)13-7(2)10(16)17/h3-5,7H,1-2H3,(H,16,17)(H2,13,14,15,18)/t7-/m1/s1. The smallest absolute Gasteiger partial charge is 0.325 e. The zero-order valence-corrected chi connectivity index (χ0v) is 11.2. The van der Waals surface area contributed by atoms with E-state index >= 15 is 0 Å².